The van der Waals surface area contributed by atoms with Gasteiger partial charge in [-0.2, -0.15) is 5.10 Å². The van der Waals surface area contributed by atoms with E-state index in [0.717, 1.165) is 30.8 Å². The molecule has 1 aromatic heterocycles. The maximum atomic E-state index is 13.1. The standard InChI is InChI=1S/C21H25N3O3S/c1-27-18-8-5-7-15(21(18)26)16-13-17(19-9-6-12-28-19)24(22-16)20(25)14-23-10-3-2-4-11-23/h5-9,12,17,26H,2-4,10-11,13-14H2,1H3/t17-/m0/s1. The fraction of sp³-hybridized carbons (Fsp3) is 0.429. The van der Waals surface area contributed by atoms with E-state index in [4.69, 9.17) is 4.74 Å². The molecule has 1 aromatic carbocycles. The summed E-state index contributed by atoms with van der Waals surface area (Å²) in [5, 5.41) is 18.8. The number of hydrogen-bond acceptors (Lipinski definition) is 6. The van der Waals surface area contributed by atoms with Crippen LogP contribution in [0.25, 0.3) is 0 Å². The highest BCUT2D eigenvalue weighted by atomic mass is 32.1. The third-order valence-corrected chi connectivity index (χ3v) is 6.35. The zero-order valence-corrected chi connectivity index (χ0v) is 16.8. The van der Waals surface area contributed by atoms with Crippen LogP contribution in [0.2, 0.25) is 0 Å². The second-order valence-corrected chi connectivity index (χ2v) is 8.19. The van der Waals surface area contributed by atoms with E-state index in [1.54, 1.807) is 22.4 Å². The lowest BCUT2D eigenvalue weighted by atomic mass is 10.0. The van der Waals surface area contributed by atoms with Gasteiger partial charge >= 0.3 is 0 Å². The first kappa shape index (κ1) is 19.0. The van der Waals surface area contributed by atoms with Crippen LogP contribution in [0.1, 0.15) is 42.2 Å². The van der Waals surface area contributed by atoms with Crippen LogP contribution in [0, 0.1) is 0 Å². The SMILES string of the molecule is COc1cccc(C2=NN(C(=O)CN3CCCCC3)[C@H](c3cccs3)C2)c1O. The van der Waals surface area contributed by atoms with Crippen molar-refractivity contribution >= 4 is 23.0 Å². The molecular formula is C21H25N3O3S. The normalized spacial score (nSPS) is 20.2. The summed E-state index contributed by atoms with van der Waals surface area (Å²) in [6, 6.07) is 9.27. The van der Waals surface area contributed by atoms with Crippen molar-refractivity contribution in [3.63, 3.8) is 0 Å². The van der Waals surface area contributed by atoms with Crippen LogP contribution < -0.4 is 4.74 Å². The largest absolute Gasteiger partial charge is 0.504 e. The van der Waals surface area contributed by atoms with E-state index in [0.29, 0.717) is 30.0 Å². The Hall–Kier alpha value is -2.38. The monoisotopic (exact) mass is 399 g/mol. The van der Waals surface area contributed by atoms with Crippen molar-refractivity contribution in [1.82, 2.24) is 9.91 Å². The minimum Gasteiger partial charge on any atom is -0.504 e. The molecule has 6 nitrogen and oxygen atoms in total. The number of ether oxygens (including phenoxy) is 1. The van der Waals surface area contributed by atoms with E-state index in [2.05, 4.69) is 10.0 Å². The summed E-state index contributed by atoms with van der Waals surface area (Å²) in [5.74, 6) is 0.489. The number of aromatic hydroxyl groups is 1. The molecule has 3 heterocycles. The molecule has 4 rings (SSSR count). The van der Waals surface area contributed by atoms with Crippen molar-refractivity contribution in [2.45, 2.75) is 31.7 Å². The number of amides is 1. The van der Waals surface area contributed by atoms with Crippen LogP contribution >= 0.6 is 11.3 Å². The predicted molar refractivity (Wildman–Crippen MR) is 110 cm³/mol. The molecule has 2 aromatic rings. The number of para-hydroxylation sites is 1. The maximum absolute atomic E-state index is 13.1. The van der Waals surface area contributed by atoms with Gasteiger partial charge in [-0.25, -0.2) is 5.01 Å². The van der Waals surface area contributed by atoms with Crippen molar-refractivity contribution in [2.75, 3.05) is 26.7 Å². The summed E-state index contributed by atoms with van der Waals surface area (Å²) in [4.78, 5) is 16.4. The van der Waals surface area contributed by atoms with Gasteiger partial charge in [0.25, 0.3) is 5.91 Å². The fourth-order valence-corrected chi connectivity index (χ4v) is 4.72. The van der Waals surface area contributed by atoms with Gasteiger partial charge in [-0.15, -0.1) is 11.3 Å². The number of benzene rings is 1. The molecule has 1 saturated heterocycles. The zero-order chi connectivity index (χ0) is 19.5. The number of rotatable bonds is 5. The van der Waals surface area contributed by atoms with Crippen molar-refractivity contribution in [1.29, 1.82) is 0 Å². The first-order valence-electron chi connectivity index (χ1n) is 9.69. The lowest BCUT2D eigenvalue weighted by molar-refractivity contribution is -0.134. The van der Waals surface area contributed by atoms with Crippen LogP contribution in [-0.2, 0) is 4.79 Å². The summed E-state index contributed by atoms with van der Waals surface area (Å²) in [6.45, 7) is 2.33. The Morgan fingerprint density at radius 2 is 2.07 bits per heavy atom. The Morgan fingerprint density at radius 1 is 1.25 bits per heavy atom. The Balaban J connectivity index is 1.62. The van der Waals surface area contributed by atoms with Crippen molar-refractivity contribution in [3.8, 4) is 11.5 Å². The molecule has 0 unspecified atom stereocenters. The summed E-state index contributed by atoms with van der Waals surface area (Å²) >= 11 is 1.63. The van der Waals surface area contributed by atoms with Gasteiger partial charge in [0.05, 0.1) is 25.4 Å². The second-order valence-electron chi connectivity index (χ2n) is 7.21. The first-order valence-corrected chi connectivity index (χ1v) is 10.6. The van der Waals surface area contributed by atoms with E-state index in [9.17, 15) is 9.90 Å². The van der Waals surface area contributed by atoms with Gasteiger partial charge in [-0.05, 0) is 49.5 Å². The number of phenols is 1. The Bertz CT molecular complexity index is 860. The van der Waals surface area contributed by atoms with Crippen molar-refractivity contribution < 1.29 is 14.6 Å². The van der Waals surface area contributed by atoms with Gasteiger partial charge < -0.3 is 9.84 Å². The van der Waals surface area contributed by atoms with E-state index in [-0.39, 0.29) is 17.7 Å². The molecule has 1 fully saturated rings. The Labute approximate surface area is 169 Å². The summed E-state index contributed by atoms with van der Waals surface area (Å²) in [6.07, 6.45) is 4.11. The van der Waals surface area contributed by atoms with Gasteiger partial charge in [0, 0.05) is 16.9 Å². The molecule has 28 heavy (non-hydrogen) atoms. The first-order chi connectivity index (χ1) is 13.7. The van der Waals surface area contributed by atoms with Gasteiger partial charge in [-0.3, -0.25) is 9.69 Å². The van der Waals surface area contributed by atoms with E-state index < -0.39 is 0 Å². The molecule has 2 aliphatic heterocycles. The fourth-order valence-electron chi connectivity index (χ4n) is 3.91. The molecule has 0 spiro atoms. The molecule has 0 bridgehead atoms. The molecule has 148 valence electrons. The number of carbonyl (C=O) groups excluding carboxylic acids is 1. The van der Waals surface area contributed by atoms with Crippen LogP contribution in [0.3, 0.4) is 0 Å². The number of piperidine rings is 1. The molecule has 0 saturated carbocycles. The number of nitrogens with zero attached hydrogens (tertiary/aromatic N) is 3. The molecule has 1 N–H and O–H groups in total. The lowest BCUT2D eigenvalue weighted by Gasteiger charge is -2.28. The Kier molecular flexibility index (Phi) is 5.64. The Morgan fingerprint density at radius 3 is 2.79 bits per heavy atom. The number of phenolic OH excluding ortho intramolecular Hbond substituents is 1. The molecule has 2 aliphatic rings. The average Bonchev–Trinajstić information content (AvgIpc) is 3.39. The predicted octanol–water partition coefficient (Wildman–Crippen LogP) is 3.63. The smallest absolute Gasteiger partial charge is 0.257 e. The van der Waals surface area contributed by atoms with Gasteiger partial charge in [-0.1, -0.05) is 18.6 Å². The van der Waals surface area contributed by atoms with Crippen molar-refractivity contribution in [3.05, 3.63) is 46.2 Å². The van der Waals surface area contributed by atoms with Crippen LogP contribution in [0.15, 0.2) is 40.8 Å². The van der Waals surface area contributed by atoms with Crippen molar-refractivity contribution in [2.24, 2.45) is 5.10 Å². The van der Waals surface area contributed by atoms with Gasteiger partial charge in [0.15, 0.2) is 11.5 Å². The van der Waals surface area contributed by atoms with E-state index >= 15 is 0 Å². The number of carbonyl (C=O) groups is 1. The zero-order valence-electron chi connectivity index (χ0n) is 16.0. The molecule has 7 heteroatoms. The minimum absolute atomic E-state index is 0.0117. The second kappa shape index (κ2) is 8.32. The topological polar surface area (TPSA) is 65.4 Å². The highest BCUT2D eigenvalue weighted by Crippen LogP contribution is 2.39. The van der Waals surface area contributed by atoms with Gasteiger partial charge in [0.2, 0.25) is 0 Å². The molecule has 0 radical (unpaired) electrons. The summed E-state index contributed by atoms with van der Waals surface area (Å²) in [7, 11) is 1.53. The average molecular weight is 400 g/mol. The summed E-state index contributed by atoms with van der Waals surface area (Å²) in [5.41, 5.74) is 1.33. The maximum Gasteiger partial charge on any atom is 0.257 e. The molecule has 1 amide bonds. The number of likely N-dealkylation sites (tertiary alicyclic amines) is 1. The third kappa shape index (κ3) is 3.77. The molecule has 1 atom stereocenters. The molecular weight excluding hydrogens is 374 g/mol. The van der Waals surface area contributed by atoms with Crippen LogP contribution in [0.5, 0.6) is 11.5 Å². The van der Waals surface area contributed by atoms with E-state index in [1.165, 1.54) is 13.5 Å². The lowest BCUT2D eigenvalue weighted by Crippen LogP contribution is -2.40. The number of methoxy groups -OCH3 is 1. The third-order valence-electron chi connectivity index (χ3n) is 5.37. The summed E-state index contributed by atoms with van der Waals surface area (Å²) < 4.78 is 5.23. The highest BCUT2D eigenvalue weighted by molar-refractivity contribution is 7.10. The van der Waals surface area contributed by atoms with Crippen LogP contribution in [-0.4, -0.2) is 53.4 Å². The molecule has 0 aliphatic carbocycles. The number of thiophene rings is 1. The van der Waals surface area contributed by atoms with E-state index in [1.807, 2.05) is 29.6 Å². The highest BCUT2D eigenvalue weighted by Gasteiger charge is 2.35. The van der Waals surface area contributed by atoms with Gasteiger partial charge in [0.1, 0.15) is 0 Å². The van der Waals surface area contributed by atoms with Crippen LogP contribution in [0.4, 0.5) is 0 Å². The number of hydrogen-bond donors (Lipinski definition) is 1. The quantitative estimate of drug-likeness (QED) is 0.834. The minimum atomic E-state index is -0.127. The number of hydrazone groups is 1.